The van der Waals surface area contributed by atoms with Gasteiger partial charge < -0.3 is 10.0 Å². The van der Waals surface area contributed by atoms with Crippen LogP contribution in [0.2, 0.25) is 0 Å². The first kappa shape index (κ1) is 14.6. The SMILES string of the molecule is O=C1N(Cc2ccccc2)C(O)C2CSC(c3ccccc3)N12. The number of thioether (sulfide) groups is 1. The number of rotatable bonds is 3. The molecule has 4 nitrogen and oxygen atoms in total. The van der Waals surface area contributed by atoms with E-state index in [4.69, 9.17) is 0 Å². The van der Waals surface area contributed by atoms with E-state index in [-0.39, 0.29) is 17.4 Å². The number of carbonyl (C=O) groups excluding carboxylic acids is 1. The van der Waals surface area contributed by atoms with Crippen molar-refractivity contribution in [2.75, 3.05) is 5.75 Å². The third-order valence-electron chi connectivity index (χ3n) is 4.45. The normalized spacial score (nSPS) is 26.7. The van der Waals surface area contributed by atoms with Crippen molar-refractivity contribution >= 4 is 17.8 Å². The molecule has 3 atom stereocenters. The van der Waals surface area contributed by atoms with Gasteiger partial charge in [0.15, 0.2) is 6.23 Å². The summed E-state index contributed by atoms with van der Waals surface area (Å²) in [5.74, 6) is 0.762. The minimum Gasteiger partial charge on any atom is -0.371 e. The van der Waals surface area contributed by atoms with Crippen LogP contribution in [0.1, 0.15) is 16.5 Å². The highest BCUT2D eigenvalue weighted by Crippen LogP contribution is 2.46. The molecule has 0 aromatic heterocycles. The van der Waals surface area contributed by atoms with Gasteiger partial charge in [0.25, 0.3) is 0 Å². The van der Waals surface area contributed by atoms with Crippen molar-refractivity contribution < 1.29 is 9.90 Å². The molecule has 1 N–H and O–H groups in total. The zero-order valence-corrected chi connectivity index (χ0v) is 13.4. The van der Waals surface area contributed by atoms with E-state index in [0.29, 0.717) is 6.54 Å². The summed E-state index contributed by atoms with van der Waals surface area (Å²) in [5, 5.41) is 10.6. The molecule has 23 heavy (non-hydrogen) atoms. The smallest absolute Gasteiger partial charge is 0.324 e. The van der Waals surface area contributed by atoms with Crippen LogP contribution < -0.4 is 0 Å². The van der Waals surface area contributed by atoms with E-state index in [2.05, 4.69) is 0 Å². The van der Waals surface area contributed by atoms with Crippen LogP contribution in [0, 0.1) is 0 Å². The molecular weight excluding hydrogens is 308 g/mol. The molecule has 3 unspecified atom stereocenters. The van der Waals surface area contributed by atoms with E-state index in [0.717, 1.165) is 16.9 Å². The predicted molar refractivity (Wildman–Crippen MR) is 90.7 cm³/mol. The summed E-state index contributed by atoms with van der Waals surface area (Å²) in [4.78, 5) is 16.3. The number of benzene rings is 2. The van der Waals surface area contributed by atoms with Gasteiger partial charge in [-0.05, 0) is 11.1 Å². The monoisotopic (exact) mass is 326 g/mol. The van der Waals surface area contributed by atoms with Crippen LogP contribution in [0.15, 0.2) is 60.7 Å². The molecule has 2 heterocycles. The number of aliphatic hydroxyl groups excluding tert-OH is 1. The van der Waals surface area contributed by atoms with Gasteiger partial charge in [0.2, 0.25) is 0 Å². The maximum atomic E-state index is 12.9. The third-order valence-corrected chi connectivity index (χ3v) is 5.79. The second-order valence-electron chi connectivity index (χ2n) is 5.88. The molecule has 2 aromatic carbocycles. The van der Waals surface area contributed by atoms with Crippen LogP contribution in [0.3, 0.4) is 0 Å². The van der Waals surface area contributed by atoms with Crippen molar-refractivity contribution in [2.45, 2.75) is 24.2 Å². The molecule has 4 rings (SSSR count). The van der Waals surface area contributed by atoms with Gasteiger partial charge in [0.1, 0.15) is 5.37 Å². The summed E-state index contributed by atoms with van der Waals surface area (Å²) in [7, 11) is 0. The third kappa shape index (κ3) is 2.50. The number of fused-ring (bicyclic) bond motifs is 1. The maximum absolute atomic E-state index is 12.9. The topological polar surface area (TPSA) is 43.8 Å². The van der Waals surface area contributed by atoms with Crippen molar-refractivity contribution in [2.24, 2.45) is 0 Å². The Morgan fingerprint density at radius 3 is 2.39 bits per heavy atom. The van der Waals surface area contributed by atoms with Crippen molar-refractivity contribution in [3.05, 3.63) is 71.8 Å². The van der Waals surface area contributed by atoms with Gasteiger partial charge in [0, 0.05) is 5.75 Å². The lowest BCUT2D eigenvalue weighted by Gasteiger charge is -2.24. The minimum absolute atomic E-state index is 0.0101. The molecule has 2 aliphatic rings. The molecule has 118 valence electrons. The van der Waals surface area contributed by atoms with Gasteiger partial charge in [-0.2, -0.15) is 0 Å². The van der Waals surface area contributed by atoms with Crippen molar-refractivity contribution in [1.29, 1.82) is 0 Å². The molecule has 2 aromatic rings. The molecule has 2 saturated heterocycles. The number of urea groups is 1. The van der Waals surface area contributed by atoms with Gasteiger partial charge >= 0.3 is 6.03 Å². The fourth-order valence-corrected chi connectivity index (χ4v) is 4.75. The average Bonchev–Trinajstić information content (AvgIpc) is 3.13. The molecule has 0 spiro atoms. The maximum Gasteiger partial charge on any atom is 0.324 e. The van der Waals surface area contributed by atoms with Crippen LogP contribution in [0.5, 0.6) is 0 Å². The van der Waals surface area contributed by atoms with E-state index < -0.39 is 6.23 Å². The highest BCUT2D eigenvalue weighted by Gasteiger charge is 2.52. The first-order valence-corrected chi connectivity index (χ1v) is 8.78. The highest BCUT2D eigenvalue weighted by molar-refractivity contribution is 7.99. The second-order valence-corrected chi connectivity index (χ2v) is 6.99. The lowest BCUT2D eigenvalue weighted by atomic mass is 10.2. The summed E-state index contributed by atoms with van der Waals surface area (Å²) in [6.45, 7) is 0.444. The number of hydrogen-bond donors (Lipinski definition) is 1. The quantitative estimate of drug-likeness (QED) is 0.943. The largest absolute Gasteiger partial charge is 0.371 e. The van der Waals surface area contributed by atoms with Gasteiger partial charge in [-0.25, -0.2) is 4.79 Å². The second kappa shape index (κ2) is 5.91. The molecule has 0 bridgehead atoms. The molecule has 2 aliphatic heterocycles. The van der Waals surface area contributed by atoms with E-state index in [1.807, 2.05) is 65.6 Å². The first-order chi connectivity index (χ1) is 11.3. The number of hydrogen-bond acceptors (Lipinski definition) is 3. The Morgan fingerprint density at radius 1 is 1.04 bits per heavy atom. The lowest BCUT2D eigenvalue weighted by Crippen LogP contribution is -2.36. The summed E-state index contributed by atoms with van der Waals surface area (Å²) in [6, 6.07) is 19.6. The van der Waals surface area contributed by atoms with E-state index >= 15 is 0 Å². The Kier molecular flexibility index (Phi) is 3.75. The summed E-state index contributed by atoms with van der Waals surface area (Å²) < 4.78 is 0. The molecule has 0 saturated carbocycles. The molecular formula is C18H18N2O2S. The summed E-state index contributed by atoms with van der Waals surface area (Å²) >= 11 is 1.72. The Labute approximate surface area is 139 Å². The van der Waals surface area contributed by atoms with Crippen molar-refractivity contribution in [3.63, 3.8) is 0 Å². The Balaban J connectivity index is 1.59. The molecule has 2 fully saturated rings. The first-order valence-electron chi connectivity index (χ1n) is 7.73. The fraction of sp³-hybridized carbons (Fsp3) is 0.278. The minimum atomic E-state index is -0.746. The standard InChI is InChI=1S/C18H18N2O2S/c21-16-15-12-23-17(14-9-5-2-6-10-14)20(15)18(22)19(16)11-13-7-3-1-4-8-13/h1-10,15-17,21H,11-12H2. The van der Waals surface area contributed by atoms with Crippen LogP contribution >= 0.6 is 11.8 Å². The number of aliphatic hydroxyl groups is 1. The van der Waals surface area contributed by atoms with E-state index in [1.165, 1.54) is 0 Å². The Morgan fingerprint density at radius 2 is 1.70 bits per heavy atom. The van der Waals surface area contributed by atoms with Gasteiger partial charge in [-0.3, -0.25) is 4.90 Å². The summed E-state index contributed by atoms with van der Waals surface area (Å²) in [6.07, 6.45) is -0.746. The van der Waals surface area contributed by atoms with Crippen LogP contribution in [0.4, 0.5) is 4.79 Å². The predicted octanol–water partition coefficient (Wildman–Crippen LogP) is 3.06. The number of nitrogens with zero attached hydrogens (tertiary/aromatic N) is 2. The average molecular weight is 326 g/mol. The molecule has 2 amide bonds. The lowest BCUT2D eigenvalue weighted by molar-refractivity contribution is 0.0363. The summed E-state index contributed by atoms with van der Waals surface area (Å²) in [5.41, 5.74) is 2.15. The van der Waals surface area contributed by atoms with Crippen LogP contribution in [-0.2, 0) is 6.54 Å². The van der Waals surface area contributed by atoms with Gasteiger partial charge in [-0.1, -0.05) is 60.7 Å². The molecule has 0 aliphatic carbocycles. The van der Waals surface area contributed by atoms with Crippen LogP contribution in [0.25, 0.3) is 0 Å². The molecule has 5 heteroatoms. The zero-order chi connectivity index (χ0) is 15.8. The van der Waals surface area contributed by atoms with Gasteiger partial charge in [0.05, 0.1) is 12.6 Å². The van der Waals surface area contributed by atoms with Crippen molar-refractivity contribution in [3.8, 4) is 0 Å². The zero-order valence-electron chi connectivity index (χ0n) is 12.6. The van der Waals surface area contributed by atoms with Gasteiger partial charge in [-0.15, -0.1) is 11.8 Å². The van der Waals surface area contributed by atoms with E-state index in [1.54, 1.807) is 16.7 Å². The number of carbonyl (C=O) groups is 1. The number of amides is 2. The fourth-order valence-electron chi connectivity index (χ4n) is 3.28. The molecule has 0 radical (unpaired) electrons. The van der Waals surface area contributed by atoms with Crippen molar-refractivity contribution in [1.82, 2.24) is 9.80 Å². The van der Waals surface area contributed by atoms with Crippen LogP contribution in [-0.4, -0.2) is 39.0 Å². The Hall–Kier alpha value is -1.98. The van der Waals surface area contributed by atoms with E-state index in [9.17, 15) is 9.90 Å². The Bertz CT molecular complexity index is 695. The highest BCUT2D eigenvalue weighted by atomic mass is 32.2.